The lowest BCUT2D eigenvalue weighted by Crippen LogP contribution is -2.39. The summed E-state index contributed by atoms with van der Waals surface area (Å²) in [6.07, 6.45) is 2.08. The molecule has 1 aliphatic rings. The molecule has 0 amide bonds. The van der Waals surface area contributed by atoms with Crippen molar-refractivity contribution in [3.8, 4) is 0 Å². The van der Waals surface area contributed by atoms with Crippen molar-refractivity contribution in [2.24, 2.45) is 4.99 Å². The number of nitrogens with one attached hydrogen (secondary N) is 1. The van der Waals surface area contributed by atoms with Crippen molar-refractivity contribution >= 4 is 23.0 Å². The van der Waals surface area contributed by atoms with Crippen molar-refractivity contribution < 1.29 is 0 Å². The van der Waals surface area contributed by atoms with Crippen molar-refractivity contribution in [2.75, 3.05) is 18.0 Å². The Morgan fingerprint density at radius 2 is 1.91 bits per heavy atom. The summed E-state index contributed by atoms with van der Waals surface area (Å²) in [5.41, 5.74) is 4.13. The van der Waals surface area contributed by atoms with Crippen LogP contribution in [0.25, 0.3) is 0 Å². The van der Waals surface area contributed by atoms with Gasteiger partial charge in [-0.3, -0.25) is 4.99 Å². The first-order chi connectivity index (χ1) is 10.8. The number of aryl methyl sites for hydroxylation is 2. The maximum Gasteiger partial charge on any atom is 0.198 e. The number of nitrogens with zero attached hydrogens (tertiary/aromatic N) is 2. The zero-order valence-electron chi connectivity index (χ0n) is 13.3. The van der Waals surface area contributed by atoms with Gasteiger partial charge in [-0.05, 0) is 35.4 Å². The van der Waals surface area contributed by atoms with Gasteiger partial charge in [-0.15, -0.1) is 11.3 Å². The maximum absolute atomic E-state index is 4.68. The van der Waals surface area contributed by atoms with Gasteiger partial charge in [0.2, 0.25) is 0 Å². The van der Waals surface area contributed by atoms with E-state index in [0.29, 0.717) is 0 Å². The number of thiophene rings is 1. The normalized spacial score (nSPS) is 13.8. The van der Waals surface area contributed by atoms with Crippen LogP contribution in [0.15, 0.2) is 40.7 Å². The fourth-order valence-electron chi connectivity index (χ4n) is 2.95. The van der Waals surface area contributed by atoms with E-state index >= 15 is 0 Å². The molecule has 0 atom stereocenters. The second-order valence-corrected chi connectivity index (χ2v) is 6.46. The zero-order valence-corrected chi connectivity index (χ0v) is 14.1. The third-order valence-electron chi connectivity index (χ3n) is 4.04. The Bertz CT molecular complexity index is 624. The molecule has 2 aromatic rings. The van der Waals surface area contributed by atoms with Crippen molar-refractivity contribution in [2.45, 2.75) is 33.2 Å². The average molecular weight is 313 g/mol. The number of rotatable bonds is 5. The van der Waals surface area contributed by atoms with Gasteiger partial charge in [-0.2, -0.15) is 0 Å². The molecule has 1 aromatic heterocycles. The van der Waals surface area contributed by atoms with Crippen LogP contribution in [0.1, 0.15) is 29.9 Å². The van der Waals surface area contributed by atoms with E-state index in [4.69, 9.17) is 0 Å². The number of anilines is 1. The zero-order chi connectivity index (χ0) is 15.4. The van der Waals surface area contributed by atoms with Crippen LogP contribution in [-0.4, -0.2) is 19.0 Å². The average Bonchev–Trinajstić information content (AvgIpc) is 3.25. The van der Waals surface area contributed by atoms with Gasteiger partial charge in [0.1, 0.15) is 0 Å². The second-order valence-electron chi connectivity index (χ2n) is 5.43. The molecule has 0 aliphatic carbocycles. The molecule has 116 valence electrons. The van der Waals surface area contributed by atoms with Crippen LogP contribution < -0.4 is 10.2 Å². The first-order valence-corrected chi connectivity index (χ1v) is 8.90. The molecule has 3 rings (SSSR count). The maximum atomic E-state index is 4.68. The first kappa shape index (κ1) is 15.1. The lowest BCUT2D eigenvalue weighted by molar-refractivity contribution is 0.916. The number of aliphatic imine (C=N–C) groups is 1. The predicted octanol–water partition coefficient (Wildman–Crippen LogP) is 3.84. The van der Waals surface area contributed by atoms with E-state index in [0.717, 1.165) is 38.4 Å². The van der Waals surface area contributed by atoms with E-state index in [1.165, 1.54) is 21.7 Å². The summed E-state index contributed by atoms with van der Waals surface area (Å²) in [6.45, 7) is 7.14. The molecular formula is C18H23N3S. The molecule has 3 nitrogen and oxygen atoms in total. The Morgan fingerprint density at radius 1 is 1.14 bits per heavy atom. The Morgan fingerprint density at radius 3 is 2.45 bits per heavy atom. The van der Waals surface area contributed by atoms with Crippen molar-refractivity contribution in [1.29, 1.82) is 0 Å². The molecule has 0 fully saturated rings. The lowest BCUT2D eigenvalue weighted by atomic mass is 10.0. The number of guanidine groups is 1. The van der Waals surface area contributed by atoms with Crippen LogP contribution in [0, 0.1) is 0 Å². The minimum atomic E-state index is 0.867. The van der Waals surface area contributed by atoms with Crippen molar-refractivity contribution in [3.05, 3.63) is 51.7 Å². The number of hydrogen-bond donors (Lipinski definition) is 1. The number of para-hydroxylation sites is 1. The van der Waals surface area contributed by atoms with Gasteiger partial charge in [0.25, 0.3) is 0 Å². The molecule has 1 aromatic carbocycles. The molecule has 0 radical (unpaired) electrons. The molecule has 0 spiro atoms. The van der Waals surface area contributed by atoms with Crippen LogP contribution in [0.4, 0.5) is 5.69 Å². The van der Waals surface area contributed by atoms with Crippen LogP contribution in [0.5, 0.6) is 0 Å². The summed E-state index contributed by atoms with van der Waals surface area (Å²) in [5.74, 6) is 1.02. The Kier molecular flexibility index (Phi) is 4.78. The smallest absolute Gasteiger partial charge is 0.198 e. The monoisotopic (exact) mass is 313 g/mol. The molecule has 0 saturated heterocycles. The SMILES string of the molecule is CCc1cccc(CC)c1N(Cc1cccs1)C1=NCCN1. The summed E-state index contributed by atoms with van der Waals surface area (Å²) in [5, 5.41) is 5.59. The number of hydrogen-bond acceptors (Lipinski definition) is 4. The van der Waals surface area contributed by atoms with Gasteiger partial charge in [0, 0.05) is 11.4 Å². The van der Waals surface area contributed by atoms with E-state index in [1.807, 2.05) is 11.3 Å². The summed E-state index contributed by atoms with van der Waals surface area (Å²) in [6, 6.07) is 11.0. The molecule has 1 aliphatic heterocycles. The highest BCUT2D eigenvalue weighted by molar-refractivity contribution is 7.09. The minimum Gasteiger partial charge on any atom is -0.354 e. The molecule has 0 bridgehead atoms. The van der Waals surface area contributed by atoms with Crippen LogP contribution >= 0.6 is 11.3 Å². The van der Waals surface area contributed by atoms with E-state index in [2.05, 4.69) is 64.8 Å². The Labute approximate surface area is 136 Å². The molecule has 0 saturated carbocycles. The van der Waals surface area contributed by atoms with Crippen LogP contribution in [0.2, 0.25) is 0 Å². The third-order valence-corrected chi connectivity index (χ3v) is 4.90. The standard InChI is InChI=1S/C18H23N3S/c1-3-14-7-5-8-15(4-2)17(14)21(18-19-10-11-20-18)13-16-9-6-12-22-16/h5-9,12H,3-4,10-11,13H2,1-2H3,(H,19,20). The quantitative estimate of drug-likeness (QED) is 0.908. The topological polar surface area (TPSA) is 27.6 Å². The van der Waals surface area contributed by atoms with Gasteiger partial charge in [-0.25, -0.2) is 0 Å². The predicted molar refractivity (Wildman–Crippen MR) is 96.0 cm³/mol. The van der Waals surface area contributed by atoms with Crippen LogP contribution in [-0.2, 0) is 19.4 Å². The fourth-order valence-corrected chi connectivity index (χ4v) is 3.64. The molecular weight excluding hydrogens is 290 g/mol. The third kappa shape index (κ3) is 3.02. The van der Waals surface area contributed by atoms with Crippen molar-refractivity contribution in [3.63, 3.8) is 0 Å². The van der Waals surface area contributed by atoms with E-state index < -0.39 is 0 Å². The van der Waals surface area contributed by atoms with Gasteiger partial charge in [0.15, 0.2) is 5.96 Å². The van der Waals surface area contributed by atoms with Gasteiger partial charge in [0.05, 0.1) is 18.8 Å². The van der Waals surface area contributed by atoms with E-state index in [9.17, 15) is 0 Å². The van der Waals surface area contributed by atoms with E-state index in [1.54, 1.807) is 0 Å². The largest absolute Gasteiger partial charge is 0.354 e. The van der Waals surface area contributed by atoms with Gasteiger partial charge >= 0.3 is 0 Å². The number of benzene rings is 1. The molecule has 2 heterocycles. The summed E-state index contributed by atoms with van der Waals surface area (Å²) in [7, 11) is 0. The van der Waals surface area contributed by atoms with E-state index in [-0.39, 0.29) is 0 Å². The van der Waals surface area contributed by atoms with Gasteiger partial charge in [-0.1, -0.05) is 38.1 Å². The Balaban J connectivity index is 2.05. The fraction of sp³-hybridized carbons (Fsp3) is 0.389. The highest BCUT2D eigenvalue weighted by atomic mass is 32.1. The van der Waals surface area contributed by atoms with Gasteiger partial charge < -0.3 is 10.2 Å². The van der Waals surface area contributed by atoms with Crippen molar-refractivity contribution in [1.82, 2.24) is 5.32 Å². The first-order valence-electron chi connectivity index (χ1n) is 8.02. The second kappa shape index (κ2) is 6.97. The summed E-state index contributed by atoms with van der Waals surface area (Å²) < 4.78 is 0. The summed E-state index contributed by atoms with van der Waals surface area (Å²) in [4.78, 5) is 8.42. The van der Waals surface area contributed by atoms with Crippen LogP contribution in [0.3, 0.4) is 0 Å². The molecule has 0 unspecified atom stereocenters. The Hall–Kier alpha value is -1.81. The minimum absolute atomic E-state index is 0.867. The highest BCUT2D eigenvalue weighted by Gasteiger charge is 2.21. The highest BCUT2D eigenvalue weighted by Crippen LogP contribution is 2.29. The molecule has 22 heavy (non-hydrogen) atoms. The lowest BCUT2D eigenvalue weighted by Gasteiger charge is -2.28. The summed E-state index contributed by atoms with van der Waals surface area (Å²) >= 11 is 1.81. The molecule has 4 heteroatoms. The molecule has 1 N–H and O–H groups in total.